The van der Waals surface area contributed by atoms with Crippen LogP contribution in [0.3, 0.4) is 0 Å². The molecule has 0 amide bonds. The summed E-state index contributed by atoms with van der Waals surface area (Å²) in [4.78, 5) is 6.67. The molecule has 4 nitrogen and oxygen atoms in total. The van der Waals surface area contributed by atoms with Gasteiger partial charge in [0.15, 0.2) is 0 Å². The normalized spacial score (nSPS) is 30.9. The molecule has 1 aromatic rings. The molecule has 0 spiro atoms. The van der Waals surface area contributed by atoms with E-state index in [0.717, 1.165) is 25.3 Å². The van der Waals surface area contributed by atoms with Gasteiger partial charge in [-0.15, -0.1) is 0 Å². The Morgan fingerprint density at radius 3 is 3.00 bits per heavy atom. The van der Waals surface area contributed by atoms with Gasteiger partial charge in [-0.25, -0.2) is 4.98 Å². The largest absolute Gasteiger partial charge is 0.356 e. The third-order valence-electron chi connectivity index (χ3n) is 4.33. The second-order valence-electron chi connectivity index (χ2n) is 5.42. The van der Waals surface area contributed by atoms with E-state index in [1.54, 1.807) is 6.07 Å². The van der Waals surface area contributed by atoms with Gasteiger partial charge in [0, 0.05) is 19.1 Å². The molecule has 1 aliphatic heterocycles. The topological polar surface area (TPSA) is 65.9 Å². The molecule has 2 aliphatic rings. The van der Waals surface area contributed by atoms with E-state index >= 15 is 0 Å². The highest BCUT2D eigenvalue weighted by Crippen LogP contribution is 2.36. The number of hydrogen-bond donors (Lipinski definition) is 1. The van der Waals surface area contributed by atoms with Crippen LogP contribution in [0.2, 0.25) is 0 Å². The Hall–Kier alpha value is -1.60. The summed E-state index contributed by atoms with van der Waals surface area (Å²) >= 11 is 0. The zero-order valence-corrected chi connectivity index (χ0v) is 10.4. The Kier molecular flexibility index (Phi) is 2.92. The van der Waals surface area contributed by atoms with Crippen LogP contribution in [0.4, 0.5) is 5.82 Å². The van der Waals surface area contributed by atoms with E-state index in [2.05, 4.69) is 16.0 Å². The van der Waals surface area contributed by atoms with Gasteiger partial charge in [0.2, 0.25) is 0 Å². The van der Waals surface area contributed by atoms with Crippen molar-refractivity contribution in [3.63, 3.8) is 0 Å². The quantitative estimate of drug-likeness (QED) is 0.810. The van der Waals surface area contributed by atoms with E-state index in [0.29, 0.717) is 23.6 Å². The molecule has 3 rings (SSSR count). The molecule has 0 radical (unpaired) electrons. The van der Waals surface area contributed by atoms with Crippen molar-refractivity contribution in [2.75, 3.05) is 18.0 Å². The third-order valence-corrected chi connectivity index (χ3v) is 4.33. The van der Waals surface area contributed by atoms with Crippen molar-refractivity contribution in [1.82, 2.24) is 4.98 Å². The number of anilines is 1. The molecule has 0 bridgehead atoms. The van der Waals surface area contributed by atoms with Crippen LogP contribution >= 0.6 is 0 Å². The lowest BCUT2D eigenvalue weighted by molar-refractivity contribution is 0.260. The molecule has 3 unspecified atom stereocenters. The standard InChI is InChI=1S/C14H18N4/c15-7-11-4-2-6-14(17-11)18-8-10-3-1-5-13(16)12(10)9-18/h2,4,6,10,12-13H,1,3,5,8-9,16H2. The minimum Gasteiger partial charge on any atom is -0.356 e. The van der Waals surface area contributed by atoms with E-state index in [4.69, 9.17) is 11.0 Å². The van der Waals surface area contributed by atoms with Crippen LogP contribution in [-0.2, 0) is 0 Å². The Balaban J connectivity index is 1.80. The Morgan fingerprint density at radius 2 is 2.22 bits per heavy atom. The van der Waals surface area contributed by atoms with Crippen molar-refractivity contribution in [2.45, 2.75) is 25.3 Å². The van der Waals surface area contributed by atoms with Crippen molar-refractivity contribution in [3.8, 4) is 6.07 Å². The minimum absolute atomic E-state index is 0.341. The summed E-state index contributed by atoms with van der Waals surface area (Å²) in [6, 6.07) is 8.08. The lowest BCUT2D eigenvalue weighted by Gasteiger charge is -2.29. The van der Waals surface area contributed by atoms with Crippen molar-refractivity contribution >= 4 is 5.82 Å². The minimum atomic E-state index is 0.341. The monoisotopic (exact) mass is 242 g/mol. The van der Waals surface area contributed by atoms with Gasteiger partial charge in [-0.1, -0.05) is 12.5 Å². The van der Waals surface area contributed by atoms with Crippen LogP contribution < -0.4 is 10.6 Å². The Labute approximate surface area is 107 Å². The first-order valence-corrected chi connectivity index (χ1v) is 6.65. The van der Waals surface area contributed by atoms with Crippen LogP contribution in [0, 0.1) is 23.2 Å². The molecule has 4 heteroatoms. The Bertz CT molecular complexity index is 479. The van der Waals surface area contributed by atoms with Crippen LogP contribution in [0.5, 0.6) is 0 Å². The molecule has 2 N–H and O–H groups in total. The van der Waals surface area contributed by atoms with Crippen LogP contribution in [0.1, 0.15) is 25.0 Å². The molecule has 18 heavy (non-hydrogen) atoms. The number of rotatable bonds is 1. The first-order chi connectivity index (χ1) is 8.78. The molecule has 1 saturated heterocycles. The summed E-state index contributed by atoms with van der Waals surface area (Å²) in [6.45, 7) is 2.04. The first-order valence-electron chi connectivity index (χ1n) is 6.65. The fourth-order valence-electron chi connectivity index (χ4n) is 3.37. The molecule has 2 fully saturated rings. The molecule has 3 atom stereocenters. The van der Waals surface area contributed by atoms with Crippen molar-refractivity contribution < 1.29 is 0 Å². The maximum atomic E-state index is 8.90. The van der Waals surface area contributed by atoms with E-state index in [-0.39, 0.29) is 0 Å². The van der Waals surface area contributed by atoms with Gasteiger partial charge in [0.25, 0.3) is 0 Å². The number of fused-ring (bicyclic) bond motifs is 1. The average Bonchev–Trinajstić information content (AvgIpc) is 2.84. The van der Waals surface area contributed by atoms with Gasteiger partial charge in [0.1, 0.15) is 17.6 Å². The van der Waals surface area contributed by atoms with Gasteiger partial charge < -0.3 is 10.6 Å². The van der Waals surface area contributed by atoms with E-state index in [9.17, 15) is 0 Å². The lowest BCUT2D eigenvalue weighted by atomic mass is 9.78. The molecule has 1 saturated carbocycles. The second kappa shape index (κ2) is 4.58. The molecule has 2 heterocycles. The maximum absolute atomic E-state index is 8.90. The molecule has 1 aromatic heterocycles. The molecular formula is C14H18N4. The fraction of sp³-hybridized carbons (Fsp3) is 0.571. The van der Waals surface area contributed by atoms with Gasteiger partial charge in [-0.05, 0) is 36.8 Å². The second-order valence-corrected chi connectivity index (χ2v) is 5.42. The predicted octanol–water partition coefficient (Wildman–Crippen LogP) is 1.52. The summed E-state index contributed by atoms with van der Waals surface area (Å²) in [5, 5.41) is 8.90. The molecular weight excluding hydrogens is 224 g/mol. The highest BCUT2D eigenvalue weighted by atomic mass is 15.2. The van der Waals surface area contributed by atoms with Gasteiger partial charge in [-0.3, -0.25) is 0 Å². The van der Waals surface area contributed by atoms with Gasteiger partial charge in [0.05, 0.1) is 0 Å². The summed E-state index contributed by atoms with van der Waals surface area (Å²) in [5.74, 6) is 2.24. The predicted molar refractivity (Wildman–Crippen MR) is 70.0 cm³/mol. The molecule has 1 aliphatic carbocycles. The zero-order valence-electron chi connectivity index (χ0n) is 10.4. The Morgan fingerprint density at radius 1 is 1.33 bits per heavy atom. The highest BCUT2D eigenvalue weighted by Gasteiger charge is 2.39. The van der Waals surface area contributed by atoms with Crippen LogP contribution in [0.15, 0.2) is 18.2 Å². The van der Waals surface area contributed by atoms with Crippen LogP contribution in [0.25, 0.3) is 0 Å². The summed E-state index contributed by atoms with van der Waals surface area (Å²) in [7, 11) is 0. The van der Waals surface area contributed by atoms with Crippen molar-refractivity contribution in [1.29, 1.82) is 5.26 Å². The van der Waals surface area contributed by atoms with Gasteiger partial charge in [-0.2, -0.15) is 5.26 Å². The molecule has 0 aromatic carbocycles. The smallest absolute Gasteiger partial charge is 0.142 e. The fourth-order valence-corrected chi connectivity index (χ4v) is 3.37. The number of aromatic nitrogens is 1. The number of pyridine rings is 1. The zero-order chi connectivity index (χ0) is 12.5. The first kappa shape index (κ1) is 11.5. The summed E-state index contributed by atoms with van der Waals surface area (Å²) in [5.41, 5.74) is 6.71. The number of nitrogens with zero attached hydrogens (tertiary/aromatic N) is 3. The van der Waals surface area contributed by atoms with E-state index < -0.39 is 0 Å². The average molecular weight is 242 g/mol. The van der Waals surface area contributed by atoms with E-state index in [1.165, 1.54) is 12.8 Å². The SMILES string of the molecule is N#Cc1cccc(N2CC3CCCC(N)C3C2)n1. The molecule has 94 valence electrons. The van der Waals surface area contributed by atoms with Crippen LogP contribution in [-0.4, -0.2) is 24.1 Å². The summed E-state index contributed by atoms with van der Waals surface area (Å²) < 4.78 is 0. The van der Waals surface area contributed by atoms with Crippen molar-refractivity contribution in [2.24, 2.45) is 17.6 Å². The number of nitrogens with two attached hydrogens (primary N) is 1. The lowest BCUT2D eigenvalue weighted by Crippen LogP contribution is -2.38. The highest BCUT2D eigenvalue weighted by molar-refractivity contribution is 5.43. The third kappa shape index (κ3) is 1.95. The van der Waals surface area contributed by atoms with E-state index in [1.807, 2.05) is 12.1 Å². The van der Waals surface area contributed by atoms with Gasteiger partial charge >= 0.3 is 0 Å². The van der Waals surface area contributed by atoms with Crippen molar-refractivity contribution in [3.05, 3.63) is 23.9 Å². The number of nitriles is 1. The summed E-state index contributed by atoms with van der Waals surface area (Å²) in [6.07, 6.45) is 3.69. The maximum Gasteiger partial charge on any atom is 0.142 e. The number of hydrogen-bond acceptors (Lipinski definition) is 4.